The summed E-state index contributed by atoms with van der Waals surface area (Å²) in [6.07, 6.45) is 2.01. The van der Waals surface area contributed by atoms with Gasteiger partial charge >= 0.3 is 6.01 Å². The van der Waals surface area contributed by atoms with Gasteiger partial charge in [-0.15, -0.1) is 5.10 Å². The first-order chi connectivity index (χ1) is 14.3. The third-order valence-corrected chi connectivity index (χ3v) is 6.16. The number of methoxy groups -OCH3 is 3. The number of rotatable bonds is 7. The zero-order valence-corrected chi connectivity index (χ0v) is 18.0. The molecule has 0 atom stereocenters. The molecule has 0 aliphatic carbocycles. The number of anilines is 1. The molecule has 0 bridgehead atoms. The monoisotopic (exact) mass is 440 g/mol. The Labute approximate surface area is 174 Å². The van der Waals surface area contributed by atoms with E-state index in [1.54, 1.807) is 12.1 Å². The number of piperidine rings is 1. The highest BCUT2D eigenvalue weighted by molar-refractivity contribution is 7.88. The summed E-state index contributed by atoms with van der Waals surface area (Å²) in [6, 6.07) is 3.26. The number of benzene rings is 1. The Hall–Kier alpha value is -2.86. The molecule has 0 saturated carbocycles. The van der Waals surface area contributed by atoms with Crippen LogP contribution in [0.3, 0.4) is 0 Å². The van der Waals surface area contributed by atoms with Crippen molar-refractivity contribution >= 4 is 21.9 Å². The molecule has 12 heteroatoms. The average Bonchev–Trinajstić information content (AvgIpc) is 3.20. The second-order valence-electron chi connectivity index (χ2n) is 6.75. The van der Waals surface area contributed by atoms with Crippen molar-refractivity contribution in [2.45, 2.75) is 12.8 Å². The molecule has 1 saturated heterocycles. The molecule has 0 radical (unpaired) electrons. The maximum atomic E-state index is 12.5. The summed E-state index contributed by atoms with van der Waals surface area (Å²) in [5, 5.41) is 10.4. The Bertz CT molecular complexity index is 988. The largest absolute Gasteiger partial charge is 0.493 e. The Morgan fingerprint density at radius 1 is 1.10 bits per heavy atom. The number of ether oxygens (including phenoxy) is 3. The lowest BCUT2D eigenvalue weighted by molar-refractivity contribution is -0.121. The molecule has 1 amide bonds. The van der Waals surface area contributed by atoms with E-state index in [1.807, 2.05) is 0 Å². The number of hydrogen-bond donors (Lipinski definition) is 1. The van der Waals surface area contributed by atoms with Crippen LogP contribution in [0.4, 0.5) is 6.01 Å². The molecule has 11 nitrogen and oxygen atoms in total. The van der Waals surface area contributed by atoms with Gasteiger partial charge < -0.3 is 18.6 Å². The lowest BCUT2D eigenvalue weighted by Gasteiger charge is -2.29. The van der Waals surface area contributed by atoms with Crippen molar-refractivity contribution < 1.29 is 31.8 Å². The summed E-state index contributed by atoms with van der Waals surface area (Å²) in [7, 11) is 1.25. The fourth-order valence-corrected chi connectivity index (χ4v) is 4.13. The van der Waals surface area contributed by atoms with Gasteiger partial charge in [-0.05, 0) is 25.0 Å². The third-order valence-electron chi connectivity index (χ3n) is 4.86. The zero-order chi connectivity index (χ0) is 21.9. The smallest absolute Gasteiger partial charge is 0.322 e. The van der Waals surface area contributed by atoms with E-state index in [0.717, 1.165) is 6.26 Å². The van der Waals surface area contributed by atoms with Crippen LogP contribution in [0.2, 0.25) is 0 Å². The fraction of sp³-hybridized carbons (Fsp3) is 0.500. The van der Waals surface area contributed by atoms with Crippen LogP contribution in [0.1, 0.15) is 12.8 Å². The molecule has 1 aromatic carbocycles. The van der Waals surface area contributed by atoms with Gasteiger partial charge in [0.05, 0.1) is 27.6 Å². The molecule has 1 aliphatic heterocycles. The molecule has 1 aliphatic rings. The Kier molecular flexibility index (Phi) is 6.46. The van der Waals surface area contributed by atoms with Crippen molar-refractivity contribution in [3.05, 3.63) is 12.1 Å². The summed E-state index contributed by atoms with van der Waals surface area (Å²) in [6.45, 7) is 0.606. The second kappa shape index (κ2) is 8.88. The number of carbonyl (C=O) groups is 1. The van der Waals surface area contributed by atoms with E-state index in [1.165, 1.54) is 25.6 Å². The molecule has 0 unspecified atom stereocenters. The highest BCUT2D eigenvalue weighted by Gasteiger charge is 2.29. The van der Waals surface area contributed by atoms with E-state index in [0.29, 0.717) is 48.7 Å². The Morgan fingerprint density at radius 2 is 1.70 bits per heavy atom. The third kappa shape index (κ3) is 4.65. The van der Waals surface area contributed by atoms with Gasteiger partial charge in [0.2, 0.25) is 27.6 Å². The summed E-state index contributed by atoms with van der Waals surface area (Å²) in [5.41, 5.74) is 0.527. The van der Waals surface area contributed by atoms with E-state index < -0.39 is 10.0 Å². The van der Waals surface area contributed by atoms with Crippen LogP contribution < -0.4 is 19.5 Å². The topological polar surface area (TPSA) is 133 Å². The minimum absolute atomic E-state index is 0.0469. The maximum Gasteiger partial charge on any atom is 0.322 e. The lowest BCUT2D eigenvalue weighted by Crippen LogP contribution is -2.40. The summed E-state index contributed by atoms with van der Waals surface area (Å²) in [5.74, 6) is 0.818. The predicted octanol–water partition coefficient (Wildman–Crippen LogP) is 1.37. The number of carbonyl (C=O) groups excluding carboxylic acids is 1. The quantitative estimate of drug-likeness (QED) is 0.677. The van der Waals surface area contributed by atoms with Crippen LogP contribution in [-0.4, -0.2) is 69.5 Å². The number of hydrogen-bond acceptors (Lipinski definition) is 9. The molecule has 1 fully saturated rings. The highest BCUT2D eigenvalue weighted by atomic mass is 32.2. The highest BCUT2D eigenvalue weighted by Crippen LogP contribution is 2.41. The SMILES string of the molecule is COc1cc(-c2nnc(NC(=O)C3CCN(S(C)(=O)=O)CC3)o2)cc(OC)c1OC. The summed E-state index contributed by atoms with van der Waals surface area (Å²) < 4.78 is 46.0. The van der Waals surface area contributed by atoms with E-state index in [9.17, 15) is 13.2 Å². The molecule has 0 spiro atoms. The van der Waals surface area contributed by atoms with Crippen LogP contribution in [0, 0.1) is 5.92 Å². The first-order valence-electron chi connectivity index (χ1n) is 9.16. The molecular weight excluding hydrogens is 416 g/mol. The molecule has 3 rings (SSSR count). The first-order valence-corrected chi connectivity index (χ1v) is 11.0. The van der Waals surface area contributed by atoms with E-state index in [4.69, 9.17) is 18.6 Å². The molecule has 2 aromatic rings. The number of nitrogens with one attached hydrogen (secondary N) is 1. The van der Waals surface area contributed by atoms with Crippen LogP contribution in [0.25, 0.3) is 11.5 Å². The molecular formula is C18H24N4O7S. The number of sulfonamides is 1. The zero-order valence-electron chi connectivity index (χ0n) is 17.2. The Balaban J connectivity index is 1.71. The van der Waals surface area contributed by atoms with Crippen molar-refractivity contribution in [2.75, 3.05) is 46.0 Å². The van der Waals surface area contributed by atoms with Crippen molar-refractivity contribution in [1.29, 1.82) is 0 Å². The van der Waals surface area contributed by atoms with Crippen LogP contribution >= 0.6 is 0 Å². The fourth-order valence-electron chi connectivity index (χ4n) is 3.25. The van der Waals surface area contributed by atoms with Gasteiger partial charge in [-0.3, -0.25) is 10.1 Å². The van der Waals surface area contributed by atoms with Crippen LogP contribution in [0.15, 0.2) is 16.5 Å². The van der Waals surface area contributed by atoms with E-state index >= 15 is 0 Å². The minimum atomic E-state index is -3.25. The van der Waals surface area contributed by atoms with Crippen LogP contribution in [-0.2, 0) is 14.8 Å². The van der Waals surface area contributed by atoms with E-state index in [2.05, 4.69) is 15.5 Å². The van der Waals surface area contributed by atoms with Crippen molar-refractivity contribution in [2.24, 2.45) is 5.92 Å². The molecule has 30 heavy (non-hydrogen) atoms. The average molecular weight is 440 g/mol. The first kappa shape index (κ1) is 21.8. The summed E-state index contributed by atoms with van der Waals surface area (Å²) in [4.78, 5) is 12.5. The van der Waals surface area contributed by atoms with Crippen molar-refractivity contribution in [3.8, 4) is 28.7 Å². The van der Waals surface area contributed by atoms with Gasteiger partial charge in [0.15, 0.2) is 11.5 Å². The van der Waals surface area contributed by atoms with Crippen molar-refractivity contribution in [1.82, 2.24) is 14.5 Å². The standard InChI is InChI=1S/C18H24N4O7S/c1-26-13-9-12(10-14(27-2)15(13)28-3)17-20-21-18(29-17)19-16(23)11-5-7-22(8-6-11)30(4,24)25/h9-11H,5-8H2,1-4H3,(H,19,21,23). The van der Waals surface area contributed by atoms with Gasteiger partial charge in [-0.1, -0.05) is 5.10 Å². The van der Waals surface area contributed by atoms with E-state index in [-0.39, 0.29) is 23.7 Å². The molecule has 1 N–H and O–H groups in total. The van der Waals surface area contributed by atoms with Gasteiger partial charge in [0.25, 0.3) is 0 Å². The van der Waals surface area contributed by atoms with Gasteiger partial charge in [-0.2, -0.15) is 0 Å². The lowest BCUT2D eigenvalue weighted by atomic mass is 9.97. The predicted molar refractivity (Wildman–Crippen MR) is 107 cm³/mol. The maximum absolute atomic E-state index is 12.5. The number of nitrogens with zero attached hydrogens (tertiary/aromatic N) is 3. The molecule has 164 valence electrons. The normalized spacial score (nSPS) is 15.6. The number of aromatic nitrogens is 2. The van der Waals surface area contributed by atoms with Gasteiger partial charge in [-0.25, -0.2) is 12.7 Å². The van der Waals surface area contributed by atoms with Gasteiger partial charge in [0.1, 0.15) is 0 Å². The van der Waals surface area contributed by atoms with Crippen molar-refractivity contribution in [3.63, 3.8) is 0 Å². The Morgan fingerprint density at radius 3 is 2.20 bits per heavy atom. The summed E-state index contributed by atoms with van der Waals surface area (Å²) >= 11 is 0. The van der Waals surface area contributed by atoms with Gasteiger partial charge in [0, 0.05) is 24.6 Å². The number of amides is 1. The molecule has 2 heterocycles. The van der Waals surface area contributed by atoms with Crippen LogP contribution in [0.5, 0.6) is 17.2 Å². The molecule has 1 aromatic heterocycles. The minimum Gasteiger partial charge on any atom is -0.493 e. The second-order valence-corrected chi connectivity index (χ2v) is 8.73.